The highest BCUT2D eigenvalue weighted by atomic mass is 16.1. The minimum absolute atomic E-state index is 0.288. The number of fused-ring (bicyclic) bond motifs is 1. The third-order valence-corrected chi connectivity index (χ3v) is 3.46. The lowest BCUT2D eigenvalue weighted by Gasteiger charge is -2.07. The van der Waals surface area contributed by atoms with E-state index in [1.54, 1.807) is 17.8 Å². The van der Waals surface area contributed by atoms with Gasteiger partial charge in [-0.05, 0) is 12.1 Å². The second kappa shape index (κ2) is 4.87. The first-order chi connectivity index (χ1) is 10.1. The number of ketones is 1. The quantitative estimate of drug-likeness (QED) is 0.685. The van der Waals surface area contributed by atoms with Crippen molar-refractivity contribution in [2.75, 3.05) is 0 Å². The highest BCUT2D eigenvalue weighted by Crippen LogP contribution is 2.23. The number of aromatic nitrogens is 4. The van der Waals surface area contributed by atoms with Crippen molar-refractivity contribution < 1.29 is 4.79 Å². The van der Waals surface area contributed by atoms with Crippen LogP contribution in [0.3, 0.4) is 0 Å². The lowest BCUT2D eigenvalue weighted by molar-refractivity contribution is 0.0975. The molecule has 3 rings (SSSR count). The summed E-state index contributed by atoms with van der Waals surface area (Å²) in [5.41, 5.74) is 2.08. The molecule has 0 amide bonds. The van der Waals surface area contributed by atoms with Crippen LogP contribution < -0.4 is 0 Å². The first-order valence-corrected chi connectivity index (χ1v) is 6.45. The zero-order valence-corrected chi connectivity index (χ0v) is 11.7. The van der Waals surface area contributed by atoms with Crippen molar-refractivity contribution >= 4 is 16.8 Å². The van der Waals surface area contributed by atoms with Crippen LogP contribution in [-0.4, -0.2) is 25.1 Å². The smallest absolute Gasteiger partial charge is 0.190 e. The second-order valence-electron chi connectivity index (χ2n) is 4.85. The molecule has 1 aromatic carbocycles. The van der Waals surface area contributed by atoms with Crippen molar-refractivity contribution in [3.05, 3.63) is 48.0 Å². The fraction of sp³-hybridized carbons (Fsp3) is 0.200. The molecule has 1 atom stereocenters. The van der Waals surface area contributed by atoms with Crippen molar-refractivity contribution in [2.24, 2.45) is 14.1 Å². The molecule has 104 valence electrons. The number of para-hydroxylation sites is 2. The van der Waals surface area contributed by atoms with Gasteiger partial charge in [0, 0.05) is 20.3 Å². The van der Waals surface area contributed by atoms with Crippen LogP contribution in [0, 0.1) is 11.3 Å². The molecule has 6 heteroatoms. The van der Waals surface area contributed by atoms with Crippen molar-refractivity contribution in [3.63, 3.8) is 0 Å². The maximum atomic E-state index is 12.5. The molecule has 1 unspecified atom stereocenters. The van der Waals surface area contributed by atoms with Crippen molar-refractivity contribution in [1.82, 2.24) is 19.3 Å². The van der Waals surface area contributed by atoms with Crippen LogP contribution in [0.5, 0.6) is 0 Å². The van der Waals surface area contributed by atoms with E-state index in [4.69, 9.17) is 0 Å². The monoisotopic (exact) mass is 279 g/mol. The van der Waals surface area contributed by atoms with Crippen molar-refractivity contribution in [3.8, 4) is 6.07 Å². The van der Waals surface area contributed by atoms with Gasteiger partial charge in [0.1, 0.15) is 5.82 Å². The molecule has 0 bridgehead atoms. The van der Waals surface area contributed by atoms with Crippen LogP contribution >= 0.6 is 0 Å². The van der Waals surface area contributed by atoms with E-state index in [9.17, 15) is 10.1 Å². The fourth-order valence-electron chi connectivity index (χ4n) is 2.37. The van der Waals surface area contributed by atoms with E-state index < -0.39 is 5.92 Å². The Morgan fingerprint density at radius 1 is 1.33 bits per heavy atom. The molecule has 2 heterocycles. The molecule has 21 heavy (non-hydrogen) atoms. The zero-order chi connectivity index (χ0) is 15.0. The van der Waals surface area contributed by atoms with Gasteiger partial charge >= 0.3 is 0 Å². The number of imidazole rings is 1. The number of carbonyl (C=O) groups excluding carboxylic acids is 1. The SMILES string of the molecule is Cn1cc(C(=O)C(C#N)c2nc3ccccc3n2C)cn1. The number of hydrogen-bond acceptors (Lipinski definition) is 4. The lowest BCUT2D eigenvalue weighted by atomic mass is 10.0. The summed E-state index contributed by atoms with van der Waals surface area (Å²) >= 11 is 0. The van der Waals surface area contributed by atoms with Gasteiger partial charge in [-0.25, -0.2) is 4.98 Å². The molecule has 0 aliphatic heterocycles. The Balaban J connectivity index is 2.08. The van der Waals surface area contributed by atoms with Crippen LogP contribution in [0.25, 0.3) is 11.0 Å². The summed E-state index contributed by atoms with van der Waals surface area (Å²) < 4.78 is 3.33. The highest BCUT2D eigenvalue weighted by molar-refractivity contribution is 6.02. The van der Waals surface area contributed by atoms with Crippen LogP contribution in [0.15, 0.2) is 36.7 Å². The summed E-state index contributed by atoms with van der Waals surface area (Å²) in [6.07, 6.45) is 3.07. The van der Waals surface area contributed by atoms with E-state index in [1.807, 2.05) is 31.3 Å². The Labute approximate surface area is 121 Å². The topological polar surface area (TPSA) is 76.5 Å². The normalized spacial score (nSPS) is 12.2. The predicted molar refractivity (Wildman–Crippen MR) is 76.6 cm³/mol. The van der Waals surface area contributed by atoms with E-state index in [0.29, 0.717) is 11.4 Å². The molecular weight excluding hydrogens is 266 g/mol. The Morgan fingerprint density at radius 2 is 2.10 bits per heavy atom. The van der Waals surface area contributed by atoms with E-state index in [-0.39, 0.29) is 5.78 Å². The number of carbonyl (C=O) groups is 1. The standard InChI is InChI=1S/C15H13N5O/c1-19-9-10(8-17-19)14(21)11(7-16)15-18-12-5-3-4-6-13(12)20(15)2/h3-6,8-9,11H,1-2H3. The minimum atomic E-state index is -0.938. The van der Waals surface area contributed by atoms with E-state index in [1.165, 1.54) is 10.9 Å². The molecular formula is C15H13N5O. The summed E-state index contributed by atoms with van der Waals surface area (Å²) in [5, 5.41) is 13.4. The van der Waals surface area contributed by atoms with Gasteiger partial charge in [0.2, 0.25) is 0 Å². The maximum Gasteiger partial charge on any atom is 0.190 e. The number of nitriles is 1. The highest BCUT2D eigenvalue weighted by Gasteiger charge is 2.27. The minimum Gasteiger partial charge on any atom is -0.330 e. The summed E-state index contributed by atoms with van der Waals surface area (Å²) in [6.45, 7) is 0. The number of rotatable bonds is 3. The molecule has 6 nitrogen and oxygen atoms in total. The Hall–Kier alpha value is -2.94. The summed E-state index contributed by atoms with van der Waals surface area (Å²) in [6, 6.07) is 9.61. The lowest BCUT2D eigenvalue weighted by Crippen LogP contribution is -2.15. The molecule has 0 saturated heterocycles. The van der Waals surface area contributed by atoms with Gasteiger partial charge in [-0.1, -0.05) is 12.1 Å². The molecule has 0 N–H and O–H groups in total. The largest absolute Gasteiger partial charge is 0.330 e. The van der Waals surface area contributed by atoms with Crippen molar-refractivity contribution in [2.45, 2.75) is 5.92 Å². The van der Waals surface area contributed by atoms with E-state index in [0.717, 1.165) is 11.0 Å². The number of nitrogens with zero attached hydrogens (tertiary/aromatic N) is 5. The van der Waals surface area contributed by atoms with Crippen LogP contribution in [0.4, 0.5) is 0 Å². The average molecular weight is 279 g/mol. The van der Waals surface area contributed by atoms with Crippen molar-refractivity contribution in [1.29, 1.82) is 5.26 Å². The molecule has 0 fully saturated rings. The molecule has 0 radical (unpaired) electrons. The second-order valence-corrected chi connectivity index (χ2v) is 4.85. The van der Waals surface area contributed by atoms with Crippen LogP contribution in [0.2, 0.25) is 0 Å². The predicted octanol–water partition coefficient (Wildman–Crippen LogP) is 1.80. The van der Waals surface area contributed by atoms with Gasteiger partial charge in [0.25, 0.3) is 0 Å². The third-order valence-electron chi connectivity index (χ3n) is 3.46. The van der Waals surface area contributed by atoms with Gasteiger partial charge in [-0.3, -0.25) is 9.48 Å². The van der Waals surface area contributed by atoms with Gasteiger partial charge in [-0.15, -0.1) is 0 Å². The molecule has 0 aliphatic rings. The summed E-state index contributed by atoms with van der Waals surface area (Å²) in [7, 11) is 3.54. The van der Waals surface area contributed by atoms with Gasteiger partial charge in [0.15, 0.2) is 11.7 Å². The Bertz CT molecular complexity index is 868. The Morgan fingerprint density at radius 3 is 2.71 bits per heavy atom. The molecule has 2 aromatic heterocycles. The number of hydrogen-bond donors (Lipinski definition) is 0. The average Bonchev–Trinajstić information content (AvgIpc) is 3.05. The van der Waals surface area contributed by atoms with Gasteiger partial charge in [0.05, 0.1) is 28.9 Å². The maximum absolute atomic E-state index is 12.5. The summed E-state index contributed by atoms with van der Waals surface area (Å²) in [4.78, 5) is 16.9. The molecule has 0 spiro atoms. The number of aryl methyl sites for hydroxylation is 2. The van der Waals surface area contributed by atoms with E-state index >= 15 is 0 Å². The fourth-order valence-corrected chi connectivity index (χ4v) is 2.37. The van der Waals surface area contributed by atoms with Gasteiger partial charge in [-0.2, -0.15) is 10.4 Å². The zero-order valence-electron chi connectivity index (χ0n) is 11.7. The van der Waals surface area contributed by atoms with Crippen LogP contribution in [0.1, 0.15) is 22.1 Å². The Kier molecular flexibility index (Phi) is 3.03. The van der Waals surface area contributed by atoms with Gasteiger partial charge < -0.3 is 4.57 Å². The first kappa shape index (κ1) is 13.1. The van der Waals surface area contributed by atoms with Crippen LogP contribution in [-0.2, 0) is 14.1 Å². The van der Waals surface area contributed by atoms with E-state index in [2.05, 4.69) is 16.2 Å². The summed E-state index contributed by atoms with van der Waals surface area (Å²) in [5.74, 6) is -0.775. The molecule has 0 aliphatic carbocycles. The molecule has 0 saturated carbocycles. The number of benzene rings is 1. The molecule has 3 aromatic rings. The number of Topliss-reactive ketones (excluding diaryl/α,β-unsaturated/α-hetero) is 1. The first-order valence-electron chi connectivity index (χ1n) is 6.45. The third kappa shape index (κ3) is 2.09.